The Morgan fingerprint density at radius 1 is 0.718 bits per heavy atom. The summed E-state index contributed by atoms with van der Waals surface area (Å²) in [6.07, 6.45) is 6.97. The van der Waals surface area contributed by atoms with Gasteiger partial charge in [-0.2, -0.15) is 0 Å². The number of carboxylic acids is 2. The van der Waals surface area contributed by atoms with Gasteiger partial charge in [-0.1, -0.05) is 81.4 Å². The predicted molar refractivity (Wildman–Crippen MR) is 272 cm³/mol. The van der Waals surface area contributed by atoms with Crippen LogP contribution in [0.3, 0.4) is 0 Å². The number of hydrogen-bond acceptors (Lipinski definition) is 8. The summed E-state index contributed by atoms with van der Waals surface area (Å²) in [6.45, 7) is 14.2. The van der Waals surface area contributed by atoms with E-state index < -0.39 is 60.8 Å². The smallest absolute Gasteiger partial charge is 0.305 e. The minimum absolute atomic E-state index is 0.0612. The number of rotatable bonds is 18. The van der Waals surface area contributed by atoms with Crippen molar-refractivity contribution < 1.29 is 34.2 Å². The van der Waals surface area contributed by atoms with Crippen molar-refractivity contribution in [2.24, 2.45) is 11.8 Å². The molecular weight excluding hydrogens is 897 g/mol. The Balaban J connectivity index is 1.20. The number of aliphatic carboxylic acids is 2. The Bertz CT molecular complexity index is 3000. The Kier molecular flexibility index (Phi) is 16.1. The molecule has 14 heteroatoms. The molecule has 0 aliphatic carbocycles. The number of carbonyl (C=O) groups excluding carboxylic acids is 3. The van der Waals surface area contributed by atoms with E-state index in [1.54, 1.807) is 54.0 Å². The van der Waals surface area contributed by atoms with Gasteiger partial charge in [-0.05, 0) is 132 Å². The molecule has 368 valence electrons. The van der Waals surface area contributed by atoms with E-state index in [4.69, 9.17) is 4.98 Å². The Hall–Kier alpha value is -7.74. The first kappa shape index (κ1) is 51.1. The fraction of sp³-hybridized carbons (Fsp3) is 0.333. The van der Waals surface area contributed by atoms with Crippen LogP contribution in [0, 0.1) is 39.5 Å². The average molecular weight is 959 g/mol. The molecule has 1 unspecified atom stereocenters. The molecule has 3 amide bonds. The van der Waals surface area contributed by atoms with Gasteiger partial charge in [0.15, 0.2) is 0 Å². The minimum Gasteiger partial charge on any atom is -0.481 e. The van der Waals surface area contributed by atoms with Gasteiger partial charge in [-0.25, -0.2) is 0 Å². The van der Waals surface area contributed by atoms with Crippen LogP contribution in [0.2, 0.25) is 0 Å². The van der Waals surface area contributed by atoms with Crippen LogP contribution in [-0.2, 0) is 24.0 Å². The summed E-state index contributed by atoms with van der Waals surface area (Å²) in [7, 11) is 0. The van der Waals surface area contributed by atoms with Gasteiger partial charge in [0.25, 0.3) is 5.56 Å². The SMILES string of the molecule is Cc1cccc(C)c1-c1cncc([C@H](CC(=O)O)NC(=O)[C@H](c2ccc(-c3ccc(C)c(-c4cc([C@H](CC(=O)O)NC(=O)[C@H](CC(C)C)n5ccccc5=O)ccn4)c3C)cc2)N2CC(C)CCC2=O)c1. The summed E-state index contributed by atoms with van der Waals surface area (Å²) < 4.78 is 1.38. The molecule has 14 nitrogen and oxygen atoms in total. The summed E-state index contributed by atoms with van der Waals surface area (Å²) in [5, 5.41) is 26.1. The summed E-state index contributed by atoms with van der Waals surface area (Å²) in [4.78, 5) is 90.6. The largest absolute Gasteiger partial charge is 0.481 e. The number of nitrogens with zero attached hydrogens (tertiary/aromatic N) is 4. The molecular formula is C57H62N6O8. The van der Waals surface area contributed by atoms with E-state index in [1.165, 1.54) is 10.6 Å². The van der Waals surface area contributed by atoms with Crippen molar-refractivity contribution >= 4 is 29.7 Å². The maximum Gasteiger partial charge on any atom is 0.305 e. The molecule has 7 rings (SSSR count). The van der Waals surface area contributed by atoms with Crippen LogP contribution >= 0.6 is 0 Å². The molecule has 0 radical (unpaired) electrons. The maximum absolute atomic E-state index is 14.7. The number of amides is 3. The van der Waals surface area contributed by atoms with Gasteiger partial charge in [-0.15, -0.1) is 0 Å². The summed E-state index contributed by atoms with van der Waals surface area (Å²) >= 11 is 0. The minimum atomic E-state index is -1.11. The number of likely N-dealkylation sites (tertiary alicyclic amines) is 1. The Morgan fingerprint density at radius 3 is 2.04 bits per heavy atom. The van der Waals surface area contributed by atoms with E-state index in [9.17, 15) is 39.0 Å². The number of carbonyl (C=O) groups is 5. The van der Waals surface area contributed by atoms with Gasteiger partial charge in [-0.3, -0.25) is 38.7 Å². The van der Waals surface area contributed by atoms with Crippen molar-refractivity contribution in [1.82, 2.24) is 30.1 Å². The topological polar surface area (TPSA) is 201 Å². The van der Waals surface area contributed by atoms with E-state index >= 15 is 0 Å². The molecule has 6 aromatic rings. The highest BCUT2D eigenvalue weighted by Crippen LogP contribution is 2.37. The number of carboxylic acid groups (broad SMARTS) is 2. The van der Waals surface area contributed by atoms with Crippen LogP contribution in [-0.4, -0.2) is 65.9 Å². The van der Waals surface area contributed by atoms with Crippen molar-refractivity contribution in [3.05, 3.63) is 165 Å². The van der Waals surface area contributed by atoms with Crippen molar-refractivity contribution in [2.45, 2.75) is 105 Å². The number of aromatic nitrogens is 3. The van der Waals surface area contributed by atoms with Gasteiger partial charge in [0.2, 0.25) is 17.7 Å². The quantitative estimate of drug-likeness (QED) is 0.0643. The molecule has 5 atom stereocenters. The first-order valence-electron chi connectivity index (χ1n) is 24.1. The van der Waals surface area contributed by atoms with Crippen LogP contribution in [0.15, 0.2) is 121 Å². The third-order valence-electron chi connectivity index (χ3n) is 13.4. The fourth-order valence-corrected chi connectivity index (χ4v) is 9.88. The lowest BCUT2D eigenvalue weighted by Crippen LogP contribution is -2.48. The standard InChI is InChI=1S/C57H62N6O8/c1-33(2)25-48(62-24-9-8-13-49(62)64)56(70)60-45(28-51(66)67)41-22-23-59-47(27-41)54-37(6)15-20-44(38(54)7)39-16-18-40(19-17-39)55(63-32-34(3)14-21-50(63)65)57(71)61-46(29-52(68)69)42-26-43(31-58-30-42)53-35(4)11-10-12-36(53)5/h8-13,15-20,22-24,26-27,30-31,33-34,45-46,48,55H,14,21,25,28-29,32H2,1-7H3,(H,60,70)(H,61,71)(H,66,67)(H,68,69)/t34?,45-,46-,48-,55-/m0/s1. The van der Waals surface area contributed by atoms with Crippen LogP contribution in [0.4, 0.5) is 0 Å². The molecule has 1 fully saturated rings. The Morgan fingerprint density at radius 2 is 1.38 bits per heavy atom. The van der Waals surface area contributed by atoms with Gasteiger partial charge >= 0.3 is 11.9 Å². The second-order valence-corrected chi connectivity index (χ2v) is 19.3. The zero-order chi connectivity index (χ0) is 51.1. The first-order chi connectivity index (χ1) is 33.9. The van der Waals surface area contributed by atoms with E-state index in [2.05, 4.69) is 15.6 Å². The maximum atomic E-state index is 14.7. The number of aryl methyl sites for hydroxylation is 3. The highest BCUT2D eigenvalue weighted by molar-refractivity contribution is 5.90. The molecule has 3 aromatic heterocycles. The zero-order valence-electron chi connectivity index (χ0n) is 41.3. The summed E-state index contributed by atoms with van der Waals surface area (Å²) in [6, 6.07) is 23.6. The van der Waals surface area contributed by atoms with Crippen LogP contribution in [0.1, 0.15) is 116 Å². The second kappa shape index (κ2) is 22.3. The molecule has 3 aromatic carbocycles. The second-order valence-electron chi connectivity index (χ2n) is 19.3. The monoisotopic (exact) mass is 958 g/mol. The van der Waals surface area contributed by atoms with Crippen LogP contribution < -0.4 is 16.2 Å². The first-order valence-corrected chi connectivity index (χ1v) is 24.1. The lowest BCUT2D eigenvalue weighted by atomic mass is 9.89. The average Bonchev–Trinajstić information content (AvgIpc) is 3.32. The summed E-state index contributed by atoms with van der Waals surface area (Å²) in [5.41, 5.74) is 9.99. The number of pyridine rings is 3. The van der Waals surface area contributed by atoms with E-state index in [0.717, 1.165) is 50.1 Å². The molecule has 0 bridgehead atoms. The fourth-order valence-electron chi connectivity index (χ4n) is 9.88. The molecule has 1 aliphatic heterocycles. The highest BCUT2D eigenvalue weighted by atomic mass is 16.4. The molecule has 71 heavy (non-hydrogen) atoms. The summed E-state index contributed by atoms with van der Waals surface area (Å²) in [5.74, 6) is -3.17. The molecule has 4 heterocycles. The van der Waals surface area contributed by atoms with Gasteiger partial charge in [0.05, 0.1) is 30.6 Å². The lowest BCUT2D eigenvalue weighted by Gasteiger charge is -2.37. The van der Waals surface area contributed by atoms with E-state index in [1.807, 2.05) is 109 Å². The van der Waals surface area contributed by atoms with Crippen molar-refractivity contribution in [2.75, 3.05) is 6.54 Å². The van der Waals surface area contributed by atoms with Crippen molar-refractivity contribution in [3.8, 4) is 33.5 Å². The molecule has 0 spiro atoms. The van der Waals surface area contributed by atoms with Crippen molar-refractivity contribution in [3.63, 3.8) is 0 Å². The third-order valence-corrected chi connectivity index (χ3v) is 13.4. The third kappa shape index (κ3) is 12.0. The van der Waals surface area contributed by atoms with E-state index in [0.29, 0.717) is 41.8 Å². The van der Waals surface area contributed by atoms with Crippen LogP contribution in [0.5, 0.6) is 0 Å². The number of hydrogen-bond donors (Lipinski definition) is 4. The number of benzene rings is 3. The molecule has 0 saturated carbocycles. The zero-order valence-corrected chi connectivity index (χ0v) is 41.3. The lowest BCUT2D eigenvalue weighted by molar-refractivity contribution is -0.145. The highest BCUT2D eigenvalue weighted by Gasteiger charge is 2.36. The normalized spacial score (nSPS) is 15.4. The Labute approximate surface area is 414 Å². The van der Waals surface area contributed by atoms with Crippen LogP contribution in [0.25, 0.3) is 33.5 Å². The predicted octanol–water partition coefficient (Wildman–Crippen LogP) is 9.42. The molecule has 1 saturated heterocycles. The molecule has 4 N–H and O–H groups in total. The van der Waals surface area contributed by atoms with Crippen molar-refractivity contribution in [1.29, 1.82) is 0 Å². The number of nitrogens with one attached hydrogen (secondary N) is 2. The van der Waals surface area contributed by atoms with Gasteiger partial charge < -0.3 is 30.3 Å². The number of piperidine rings is 1. The molecule has 1 aliphatic rings. The van der Waals surface area contributed by atoms with Gasteiger partial charge in [0, 0.05) is 54.9 Å². The van der Waals surface area contributed by atoms with Gasteiger partial charge in [0.1, 0.15) is 12.1 Å². The van der Waals surface area contributed by atoms with E-state index in [-0.39, 0.29) is 29.7 Å².